The minimum absolute atomic E-state index is 0.358. The zero-order chi connectivity index (χ0) is 10.3. The second-order valence-electron chi connectivity index (χ2n) is 3.03. The van der Waals surface area contributed by atoms with E-state index in [-0.39, 0.29) is 0 Å². The van der Waals surface area contributed by atoms with Gasteiger partial charge in [0, 0.05) is 11.1 Å². The number of benzene rings is 2. The Bertz CT molecular complexity index is 509. The van der Waals surface area contributed by atoms with E-state index < -0.39 is 0 Å². The first-order valence-electron chi connectivity index (χ1n) is 4.03. The third kappa shape index (κ3) is 1.27. The lowest BCUT2D eigenvalue weighted by Crippen LogP contribution is -1.94. The predicted octanol–water partition coefficient (Wildman–Crippen LogP) is 3.31. The van der Waals surface area contributed by atoms with E-state index in [0.29, 0.717) is 21.4 Å². The van der Waals surface area contributed by atoms with Gasteiger partial charge in [-0.15, -0.1) is 0 Å². The first kappa shape index (κ1) is 9.44. The molecule has 0 aliphatic carbocycles. The molecule has 0 aliphatic heterocycles. The molecule has 2 aromatic rings. The summed E-state index contributed by atoms with van der Waals surface area (Å²) in [6.07, 6.45) is 0. The van der Waals surface area contributed by atoms with E-state index in [2.05, 4.69) is 0 Å². The smallest absolute Gasteiger partial charge is 0.0828 e. The fourth-order valence-corrected chi connectivity index (χ4v) is 1.83. The monoisotopic (exact) mass is 226 g/mol. The molecule has 2 rings (SSSR count). The van der Waals surface area contributed by atoms with Gasteiger partial charge in [0.25, 0.3) is 0 Å². The number of nitrogen functional groups attached to an aromatic ring is 2. The zero-order valence-corrected chi connectivity index (χ0v) is 8.73. The van der Waals surface area contributed by atoms with Crippen LogP contribution in [0.1, 0.15) is 0 Å². The van der Waals surface area contributed by atoms with E-state index in [1.54, 1.807) is 12.1 Å². The van der Waals surface area contributed by atoms with Gasteiger partial charge in [-0.3, -0.25) is 0 Å². The number of nitrogens with two attached hydrogens (primary N) is 2. The largest absolute Gasteiger partial charge is 0.398 e. The SMILES string of the molecule is Nc1cccc2cc(Cl)c(Cl)c(N)c12. The van der Waals surface area contributed by atoms with Crippen LogP contribution in [0.15, 0.2) is 24.3 Å². The van der Waals surface area contributed by atoms with Crippen LogP contribution in [0.25, 0.3) is 10.8 Å². The molecule has 2 aromatic carbocycles. The summed E-state index contributed by atoms with van der Waals surface area (Å²) in [6.45, 7) is 0. The van der Waals surface area contributed by atoms with Crippen molar-refractivity contribution in [2.24, 2.45) is 0 Å². The third-order valence-electron chi connectivity index (χ3n) is 2.13. The van der Waals surface area contributed by atoms with E-state index in [1.165, 1.54) is 0 Å². The van der Waals surface area contributed by atoms with Gasteiger partial charge in [-0.2, -0.15) is 0 Å². The zero-order valence-electron chi connectivity index (χ0n) is 7.22. The molecule has 0 bridgehead atoms. The van der Waals surface area contributed by atoms with E-state index in [4.69, 9.17) is 34.7 Å². The van der Waals surface area contributed by atoms with Gasteiger partial charge in [0.15, 0.2) is 0 Å². The van der Waals surface area contributed by atoms with Crippen LogP contribution in [0.3, 0.4) is 0 Å². The van der Waals surface area contributed by atoms with Crippen molar-refractivity contribution in [3.8, 4) is 0 Å². The Labute approximate surface area is 91.4 Å². The number of anilines is 2. The maximum atomic E-state index is 5.92. The fraction of sp³-hybridized carbons (Fsp3) is 0. The van der Waals surface area contributed by atoms with Crippen LogP contribution in [0.4, 0.5) is 11.4 Å². The van der Waals surface area contributed by atoms with Gasteiger partial charge < -0.3 is 11.5 Å². The van der Waals surface area contributed by atoms with Crippen LogP contribution in [-0.2, 0) is 0 Å². The van der Waals surface area contributed by atoms with E-state index in [0.717, 1.165) is 10.8 Å². The molecule has 0 radical (unpaired) electrons. The van der Waals surface area contributed by atoms with Gasteiger partial charge in [-0.05, 0) is 17.5 Å². The number of hydrogen-bond donors (Lipinski definition) is 2. The summed E-state index contributed by atoms with van der Waals surface area (Å²) >= 11 is 11.8. The first-order chi connectivity index (χ1) is 6.61. The number of fused-ring (bicyclic) bond motifs is 1. The highest BCUT2D eigenvalue weighted by Crippen LogP contribution is 2.37. The summed E-state index contributed by atoms with van der Waals surface area (Å²) in [4.78, 5) is 0. The maximum Gasteiger partial charge on any atom is 0.0828 e. The summed E-state index contributed by atoms with van der Waals surface area (Å²) in [7, 11) is 0. The lowest BCUT2D eigenvalue weighted by molar-refractivity contribution is 1.71. The Morgan fingerprint density at radius 1 is 1.07 bits per heavy atom. The summed E-state index contributed by atoms with van der Waals surface area (Å²) in [5, 5.41) is 2.47. The second kappa shape index (κ2) is 3.23. The minimum atomic E-state index is 0.358. The van der Waals surface area contributed by atoms with E-state index >= 15 is 0 Å². The van der Waals surface area contributed by atoms with Gasteiger partial charge in [-0.1, -0.05) is 35.3 Å². The van der Waals surface area contributed by atoms with Crippen molar-refractivity contribution in [2.75, 3.05) is 11.5 Å². The molecule has 2 nitrogen and oxygen atoms in total. The molecular weight excluding hydrogens is 219 g/mol. The fourth-order valence-electron chi connectivity index (χ4n) is 1.46. The Morgan fingerprint density at radius 2 is 1.79 bits per heavy atom. The quantitative estimate of drug-likeness (QED) is 0.678. The summed E-state index contributed by atoms with van der Waals surface area (Å²) < 4.78 is 0. The van der Waals surface area contributed by atoms with Crippen molar-refractivity contribution in [3.05, 3.63) is 34.3 Å². The van der Waals surface area contributed by atoms with Gasteiger partial charge in [0.05, 0.1) is 15.7 Å². The number of halogens is 2. The molecule has 0 amide bonds. The van der Waals surface area contributed by atoms with Crippen LogP contribution in [0.5, 0.6) is 0 Å². The van der Waals surface area contributed by atoms with Gasteiger partial charge >= 0.3 is 0 Å². The molecular formula is C10H8Cl2N2. The van der Waals surface area contributed by atoms with Gasteiger partial charge in [-0.25, -0.2) is 0 Å². The standard InChI is InChI=1S/C10H8Cl2N2/c11-6-4-5-2-1-3-7(13)8(5)10(14)9(6)12/h1-4H,13-14H2. The number of hydrogen-bond acceptors (Lipinski definition) is 2. The highest BCUT2D eigenvalue weighted by atomic mass is 35.5. The highest BCUT2D eigenvalue weighted by molar-refractivity contribution is 6.45. The lowest BCUT2D eigenvalue weighted by Gasteiger charge is -2.08. The Kier molecular flexibility index (Phi) is 2.17. The third-order valence-corrected chi connectivity index (χ3v) is 2.93. The molecule has 14 heavy (non-hydrogen) atoms. The van der Waals surface area contributed by atoms with Crippen molar-refractivity contribution in [1.82, 2.24) is 0 Å². The number of rotatable bonds is 0. The Balaban J connectivity index is 2.99. The van der Waals surface area contributed by atoms with Crippen molar-refractivity contribution < 1.29 is 0 Å². The molecule has 72 valence electrons. The van der Waals surface area contributed by atoms with Gasteiger partial charge in [0.2, 0.25) is 0 Å². The molecule has 0 atom stereocenters. The topological polar surface area (TPSA) is 52.0 Å². The molecule has 0 saturated carbocycles. The Morgan fingerprint density at radius 3 is 2.50 bits per heavy atom. The minimum Gasteiger partial charge on any atom is -0.398 e. The highest BCUT2D eigenvalue weighted by Gasteiger charge is 2.09. The van der Waals surface area contributed by atoms with Crippen molar-refractivity contribution in [1.29, 1.82) is 0 Å². The molecule has 0 unspecified atom stereocenters. The molecule has 0 saturated heterocycles. The maximum absolute atomic E-state index is 5.92. The molecule has 0 fully saturated rings. The van der Waals surface area contributed by atoms with Crippen molar-refractivity contribution in [3.63, 3.8) is 0 Å². The second-order valence-corrected chi connectivity index (χ2v) is 3.82. The average Bonchev–Trinajstić information content (AvgIpc) is 2.14. The molecule has 0 heterocycles. The molecule has 0 spiro atoms. The normalized spacial score (nSPS) is 10.7. The average molecular weight is 227 g/mol. The van der Waals surface area contributed by atoms with E-state index in [9.17, 15) is 0 Å². The van der Waals surface area contributed by atoms with Gasteiger partial charge in [0.1, 0.15) is 0 Å². The summed E-state index contributed by atoms with van der Waals surface area (Å²) in [6, 6.07) is 7.28. The van der Waals surface area contributed by atoms with Crippen LogP contribution in [0.2, 0.25) is 10.0 Å². The van der Waals surface area contributed by atoms with Crippen LogP contribution >= 0.6 is 23.2 Å². The summed E-state index contributed by atoms with van der Waals surface area (Å²) in [5.41, 5.74) is 12.7. The first-order valence-corrected chi connectivity index (χ1v) is 4.78. The van der Waals surface area contributed by atoms with Crippen LogP contribution < -0.4 is 11.5 Å². The molecule has 0 aliphatic rings. The Hall–Kier alpha value is -1.12. The lowest BCUT2D eigenvalue weighted by atomic mass is 10.1. The van der Waals surface area contributed by atoms with Crippen molar-refractivity contribution in [2.45, 2.75) is 0 Å². The van der Waals surface area contributed by atoms with Crippen LogP contribution in [0, 0.1) is 0 Å². The van der Waals surface area contributed by atoms with E-state index in [1.807, 2.05) is 12.1 Å². The van der Waals surface area contributed by atoms with Crippen LogP contribution in [-0.4, -0.2) is 0 Å². The summed E-state index contributed by atoms with van der Waals surface area (Å²) in [5.74, 6) is 0. The van der Waals surface area contributed by atoms with Crippen molar-refractivity contribution >= 4 is 45.3 Å². The molecule has 4 heteroatoms. The molecule has 0 aromatic heterocycles. The predicted molar refractivity (Wildman–Crippen MR) is 62.8 cm³/mol. The molecule has 4 N–H and O–H groups in total.